The Bertz CT molecular complexity index is 834. The molecule has 0 unspecified atom stereocenters. The van der Waals surface area contributed by atoms with Crippen molar-refractivity contribution in [2.75, 3.05) is 16.8 Å². The molecule has 2 amide bonds. The largest absolute Gasteiger partial charge is 0.433 e. The number of nitrogens with zero attached hydrogens (tertiary/aromatic N) is 2. The summed E-state index contributed by atoms with van der Waals surface area (Å²) in [5.74, 6) is -0.949. The van der Waals surface area contributed by atoms with Crippen molar-refractivity contribution < 1.29 is 22.8 Å². The standard InChI is InChI=1S/C16H12F3N3O2/c1-9-10(6-7-13(20-9)16(17,18)19)15(24)22-8-14(23)21-11-4-2-3-5-12(11)22/h2-7H,8H2,1H3,(H,21,23). The van der Waals surface area contributed by atoms with E-state index >= 15 is 0 Å². The van der Waals surface area contributed by atoms with Crippen LogP contribution in [0.1, 0.15) is 21.7 Å². The van der Waals surface area contributed by atoms with Gasteiger partial charge in [-0.3, -0.25) is 14.5 Å². The van der Waals surface area contributed by atoms with E-state index in [4.69, 9.17) is 0 Å². The Kier molecular flexibility index (Phi) is 3.75. The van der Waals surface area contributed by atoms with E-state index in [1.165, 1.54) is 11.8 Å². The molecule has 0 saturated carbocycles. The zero-order valence-electron chi connectivity index (χ0n) is 12.5. The highest BCUT2D eigenvalue weighted by atomic mass is 19.4. The number of hydrogen-bond donors (Lipinski definition) is 1. The van der Waals surface area contributed by atoms with E-state index in [9.17, 15) is 22.8 Å². The van der Waals surface area contributed by atoms with Crippen LogP contribution >= 0.6 is 0 Å². The maximum atomic E-state index is 12.7. The fourth-order valence-corrected chi connectivity index (χ4v) is 2.50. The molecule has 0 bridgehead atoms. The second kappa shape index (κ2) is 5.63. The van der Waals surface area contributed by atoms with Crippen molar-refractivity contribution in [3.05, 3.63) is 53.3 Å². The van der Waals surface area contributed by atoms with E-state index in [2.05, 4.69) is 10.3 Å². The molecule has 0 saturated heterocycles. The van der Waals surface area contributed by atoms with Gasteiger partial charge >= 0.3 is 6.18 Å². The normalized spacial score (nSPS) is 14.2. The number of nitrogens with one attached hydrogen (secondary N) is 1. The molecule has 5 nitrogen and oxygen atoms in total. The number of amides is 2. The number of halogens is 3. The highest BCUT2D eigenvalue weighted by Gasteiger charge is 2.34. The molecule has 1 aromatic carbocycles. The van der Waals surface area contributed by atoms with Crippen molar-refractivity contribution in [1.82, 2.24) is 4.98 Å². The predicted molar refractivity (Wildman–Crippen MR) is 80.7 cm³/mol. The second-order valence-electron chi connectivity index (χ2n) is 5.28. The Morgan fingerprint density at radius 3 is 2.58 bits per heavy atom. The summed E-state index contributed by atoms with van der Waals surface area (Å²) in [6.45, 7) is 1.12. The van der Waals surface area contributed by atoms with E-state index in [1.54, 1.807) is 24.3 Å². The van der Waals surface area contributed by atoms with Gasteiger partial charge in [0.25, 0.3) is 5.91 Å². The molecular formula is C16H12F3N3O2. The number of rotatable bonds is 1. The van der Waals surface area contributed by atoms with Gasteiger partial charge in [0.2, 0.25) is 5.91 Å². The van der Waals surface area contributed by atoms with Crippen LogP contribution in [-0.2, 0) is 11.0 Å². The van der Waals surface area contributed by atoms with Crippen molar-refractivity contribution in [1.29, 1.82) is 0 Å². The van der Waals surface area contributed by atoms with E-state index < -0.39 is 17.8 Å². The molecule has 2 aromatic rings. The number of benzene rings is 1. The van der Waals surface area contributed by atoms with Gasteiger partial charge in [-0.15, -0.1) is 0 Å². The Morgan fingerprint density at radius 2 is 1.92 bits per heavy atom. The summed E-state index contributed by atoms with van der Waals surface area (Å²) in [7, 11) is 0. The molecule has 124 valence electrons. The average molecular weight is 335 g/mol. The third kappa shape index (κ3) is 2.82. The number of fused-ring (bicyclic) bond motifs is 1. The molecular weight excluding hydrogens is 323 g/mol. The van der Waals surface area contributed by atoms with Crippen molar-refractivity contribution >= 4 is 23.2 Å². The predicted octanol–water partition coefficient (Wildman–Crippen LogP) is 3.01. The summed E-state index contributed by atoms with van der Waals surface area (Å²) in [5.41, 5.74) is -0.125. The monoisotopic (exact) mass is 335 g/mol. The summed E-state index contributed by atoms with van der Waals surface area (Å²) in [5, 5.41) is 2.64. The van der Waals surface area contributed by atoms with Crippen LogP contribution in [0.4, 0.5) is 24.5 Å². The van der Waals surface area contributed by atoms with Crippen LogP contribution < -0.4 is 10.2 Å². The highest BCUT2D eigenvalue weighted by molar-refractivity contribution is 6.15. The maximum Gasteiger partial charge on any atom is 0.433 e. The molecule has 1 N–H and O–H groups in total. The topological polar surface area (TPSA) is 62.3 Å². The lowest BCUT2D eigenvalue weighted by Crippen LogP contribution is -2.42. The van der Waals surface area contributed by atoms with Crippen molar-refractivity contribution in [2.45, 2.75) is 13.1 Å². The number of alkyl halides is 3. The molecule has 1 aromatic heterocycles. The van der Waals surface area contributed by atoms with Gasteiger partial charge in [0.05, 0.1) is 22.6 Å². The lowest BCUT2D eigenvalue weighted by Gasteiger charge is -2.29. The number of para-hydroxylation sites is 2. The Hall–Kier alpha value is -2.90. The zero-order chi connectivity index (χ0) is 17.5. The van der Waals surface area contributed by atoms with Crippen LogP contribution in [-0.4, -0.2) is 23.3 Å². The number of pyridine rings is 1. The fraction of sp³-hybridized carbons (Fsp3) is 0.188. The molecule has 0 aliphatic carbocycles. The average Bonchev–Trinajstić information content (AvgIpc) is 2.52. The summed E-state index contributed by atoms with van der Waals surface area (Å²) in [4.78, 5) is 29.2. The van der Waals surface area contributed by atoms with Crippen LogP contribution in [0.2, 0.25) is 0 Å². The van der Waals surface area contributed by atoms with Gasteiger partial charge in [0.15, 0.2) is 0 Å². The van der Waals surface area contributed by atoms with Gasteiger partial charge in [0.1, 0.15) is 12.2 Å². The molecule has 0 atom stereocenters. The summed E-state index contributed by atoms with van der Waals surface area (Å²) in [6.07, 6.45) is -4.58. The van der Waals surface area contributed by atoms with Gasteiger partial charge in [-0.25, -0.2) is 4.98 Å². The van der Waals surface area contributed by atoms with Crippen LogP contribution in [0.15, 0.2) is 36.4 Å². The lowest BCUT2D eigenvalue weighted by molar-refractivity contribution is -0.141. The number of anilines is 2. The third-order valence-corrected chi connectivity index (χ3v) is 3.62. The van der Waals surface area contributed by atoms with Crippen LogP contribution in [0.25, 0.3) is 0 Å². The summed E-state index contributed by atoms with van der Waals surface area (Å²) < 4.78 is 38.1. The SMILES string of the molecule is Cc1nc(C(F)(F)F)ccc1C(=O)N1CC(=O)Nc2ccccc21. The van der Waals surface area contributed by atoms with Crippen molar-refractivity contribution in [2.24, 2.45) is 0 Å². The van der Waals surface area contributed by atoms with Gasteiger partial charge in [0, 0.05) is 0 Å². The molecule has 24 heavy (non-hydrogen) atoms. The first kappa shape index (κ1) is 16.0. The molecule has 8 heteroatoms. The molecule has 2 heterocycles. The van der Waals surface area contributed by atoms with E-state index in [0.29, 0.717) is 11.4 Å². The molecule has 1 aliphatic heterocycles. The Morgan fingerprint density at radius 1 is 1.21 bits per heavy atom. The van der Waals surface area contributed by atoms with Gasteiger partial charge < -0.3 is 5.32 Å². The zero-order valence-corrected chi connectivity index (χ0v) is 12.5. The van der Waals surface area contributed by atoms with Gasteiger partial charge in [-0.05, 0) is 31.2 Å². The lowest BCUT2D eigenvalue weighted by atomic mass is 10.1. The third-order valence-electron chi connectivity index (χ3n) is 3.62. The molecule has 0 spiro atoms. The number of aryl methyl sites for hydroxylation is 1. The van der Waals surface area contributed by atoms with Crippen molar-refractivity contribution in [3.8, 4) is 0 Å². The highest BCUT2D eigenvalue weighted by Crippen LogP contribution is 2.32. The van der Waals surface area contributed by atoms with E-state index in [1.807, 2.05) is 0 Å². The van der Waals surface area contributed by atoms with Crippen molar-refractivity contribution in [3.63, 3.8) is 0 Å². The number of carbonyl (C=O) groups excluding carboxylic acids is 2. The summed E-state index contributed by atoms with van der Waals surface area (Å²) >= 11 is 0. The first-order chi connectivity index (χ1) is 11.3. The van der Waals surface area contributed by atoms with E-state index in [-0.39, 0.29) is 23.7 Å². The fourth-order valence-electron chi connectivity index (χ4n) is 2.50. The first-order valence-electron chi connectivity index (χ1n) is 7.03. The van der Waals surface area contributed by atoms with Gasteiger partial charge in [-0.1, -0.05) is 12.1 Å². The van der Waals surface area contributed by atoms with Crippen LogP contribution in [0, 0.1) is 6.92 Å². The Balaban J connectivity index is 2.00. The van der Waals surface area contributed by atoms with E-state index in [0.717, 1.165) is 12.1 Å². The van der Waals surface area contributed by atoms with Crippen LogP contribution in [0.3, 0.4) is 0 Å². The smallest absolute Gasteiger partial charge is 0.323 e. The molecule has 1 aliphatic rings. The van der Waals surface area contributed by atoms with Gasteiger partial charge in [-0.2, -0.15) is 13.2 Å². The first-order valence-corrected chi connectivity index (χ1v) is 7.03. The molecule has 3 rings (SSSR count). The number of carbonyl (C=O) groups is 2. The summed E-state index contributed by atoms with van der Waals surface area (Å²) in [6, 6.07) is 8.55. The minimum absolute atomic E-state index is 0.0208. The number of hydrogen-bond acceptors (Lipinski definition) is 3. The minimum atomic E-state index is -4.58. The minimum Gasteiger partial charge on any atom is -0.323 e. The molecule has 0 radical (unpaired) electrons. The van der Waals surface area contributed by atoms with Crippen LogP contribution in [0.5, 0.6) is 0 Å². The number of aromatic nitrogens is 1. The second-order valence-corrected chi connectivity index (χ2v) is 5.28. The maximum absolute atomic E-state index is 12.7. The quantitative estimate of drug-likeness (QED) is 0.871. The Labute approximate surface area is 135 Å². The molecule has 0 fully saturated rings.